The maximum atomic E-state index is 12.4. The van der Waals surface area contributed by atoms with Gasteiger partial charge in [-0.25, -0.2) is 4.79 Å². The summed E-state index contributed by atoms with van der Waals surface area (Å²) in [5.74, 6) is 0.861. The monoisotopic (exact) mass is 344 g/mol. The summed E-state index contributed by atoms with van der Waals surface area (Å²) in [6.07, 6.45) is 4.73. The van der Waals surface area contributed by atoms with Crippen molar-refractivity contribution in [2.75, 3.05) is 19.0 Å². The number of nitrogens with one attached hydrogen (secondary N) is 2. The van der Waals surface area contributed by atoms with Crippen LogP contribution in [-0.2, 0) is 9.53 Å². The van der Waals surface area contributed by atoms with E-state index >= 15 is 0 Å². The fourth-order valence-corrected chi connectivity index (χ4v) is 4.11. The molecule has 3 rings (SSSR count). The molecule has 4 atom stereocenters. The molecule has 2 aliphatic carbocycles. The Morgan fingerprint density at radius 2 is 2.12 bits per heavy atom. The minimum Gasteiger partial charge on any atom is -0.489 e. The topological polar surface area (TPSA) is 76.7 Å². The minimum atomic E-state index is -0.313. The number of esters is 1. The van der Waals surface area contributed by atoms with Gasteiger partial charge in [0.1, 0.15) is 12.4 Å². The number of hydrogen-bond donors (Lipinski definition) is 2. The Labute approximate surface area is 147 Å². The lowest BCUT2D eigenvalue weighted by atomic mass is 9.84. The van der Waals surface area contributed by atoms with Crippen LogP contribution in [0.4, 0.5) is 10.5 Å². The highest BCUT2D eigenvalue weighted by atomic mass is 16.5. The number of carbonyl (C=O) groups is 2. The first-order chi connectivity index (χ1) is 12.1. The fourth-order valence-electron chi connectivity index (χ4n) is 4.11. The Morgan fingerprint density at radius 1 is 1.32 bits per heavy atom. The molecule has 25 heavy (non-hydrogen) atoms. The van der Waals surface area contributed by atoms with Crippen LogP contribution in [0, 0.1) is 17.8 Å². The SMILES string of the molecule is C=CCOc1cccc(NC(=O)NC2C3CCC(C3)C2C(=O)OC)c1. The van der Waals surface area contributed by atoms with Gasteiger partial charge in [0.15, 0.2) is 0 Å². The first-order valence-corrected chi connectivity index (χ1v) is 8.61. The van der Waals surface area contributed by atoms with E-state index in [1.807, 2.05) is 12.1 Å². The van der Waals surface area contributed by atoms with Crippen molar-refractivity contribution in [2.24, 2.45) is 17.8 Å². The highest BCUT2D eigenvalue weighted by Crippen LogP contribution is 2.48. The quantitative estimate of drug-likeness (QED) is 0.614. The van der Waals surface area contributed by atoms with Crippen LogP contribution in [0.15, 0.2) is 36.9 Å². The van der Waals surface area contributed by atoms with Gasteiger partial charge >= 0.3 is 12.0 Å². The van der Waals surface area contributed by atoms with Gasteiger partial charge in [-0.1, -0.05) is 18.7 Å². The van der Waals surface area contributed by atoms with Crippen LogP contribution < -0.4 is 15.4 Å². The predicted molar refractivity (Wildman–Crippen MR) is 94.4 cm³/mol. The molecule has 0 spiro atoms. The molecule has 2 saturated carbocycles. The third-order valence-electron chi connectivity index (χ3n) is 5.15. The van der Waals surface area contributed by atoms with Crippen LogP contribution in [0.3, 0.4) is 0 Å². The van der Waals surface area contributed by atoms with Crippen molar-refractivity contribution in [3.63, 3.8) is 0 Å². The van der Waals surface area contributed by atoms with Crippen molar-refractivity contribution in [1.29, 1.82) is 0 Å². The maximum absolute atomic E-state index is 12.4. The molecule has 134 valence electrons. The number of urea groups is 1. The molecule has 0 saturated heterocycles. The van der Waals surface area contributed by atoms with Crippen LogP contribution in [0.1, 0.15) is 19.3 Å². The molecule has 1 aromatic rings. The zero-order valence-corrected chi connectivity index (χ0v) is 14.4. The molecule has 2 bridgehead atoms. The van der Waals surface area contributed by atoms with Crippen LogP contribution in [0.5, 0.6) is 5.75 Å². The molecule has 4 unspecified atom stereocenters. The van der Waals surface area contributed by atoms with E-state index in [-0.39, 0.29) is 24.0 Å². The molecule has 0 heterocycles. The molecule has 6 nitrogen and oxygen atoms in total. The van der Waals surface area contributed by atoms with Crippen LogP contribution in [0.2, 0.25) is 0 Å². The zero-order valence-electron chi connectivity index (χ0n) is 14.4. The molecule has 2 amide bonds. The largest absolute Gasteiger partial charge is 0.489 e. The number of benzene rings is 1. The molecule has 0 radical (unpaired) electrons. The van der Waals surface area contributed by atoms with Gasteiger partial charge in [-0.2, -0.15) is 0 Å². The smallest absolute Gasteiger partial charge is 0.319 e. The number of rotatable bonds is 6. The second kappa shape index (κ2) is 7.59. The number of methoxy groups -OCH3 is 1. The number of fused-ring (bicyclic) bond motifs is 2. The Bertz CT molecular complexity index is 661. The standard InChI is InChI=1S/C19H24N2O4/c1-3-9-25-15-6-4-5-14(11-15)20-19(23)21-17-13-8-7-12(10-13)16(17)18(22)24-2/h3-6,11-13,16-17H,1,7-10H2,2H3,(H2,20,21,23). The van der Waals surface area contributed by atoms with Gasteiger partial charge in [0, 0.05) is 17.8 Å². The van der Waals surface area contributed by atoms with Crippen molar-refractivity contribution >= 4 is 17.7 Å². The average Bonchev–Trinajstić information content (AvgIpc) is 3.21. The summed E-state index contributed by atoms with van der Waals surface area (Å²) >= 11 is 0. The highest BCUT2D eigenvalue weighted by Gasteiger charge is 2.52. The van der Waals surface area contributed by atoms with E-state index in [0.29, 0.717) is 29.9 Å². The minimum absolute atomic E-state index is 0.161. The van der Waals surface area contributed by atoms with Crippen molar-refractivity contribution in [2.45, 2.75) is 25.3 Å². The summed E-state index contributed by atoms with van der Waals surface area (Å²) in [5, 5.41) is 5.79. The number of carbonyl (C=O) groups excluding carboxylic acids is 2. The first-order valence-electron chi connectivity index (χ1n) is 8.61. The first kappa shape index (κ1) is 17.3. The van der Waals surface area contributed by atoms with E-state index in [4.69, 9.17) is 9.47 Å². The number of amides is 2. The third kappa shape index (κ3) is 3.78. The number of anilines is 1. The van der Waals surface area contributed by atoms with Crippen LogP contribution in [-0.4, -0.2) is 31.8 Å². The molecule has 0 aromatic heterocycles. The summed E-state index contributed by atoms with van der Waals surface area (Å²) in [7, 11) is 1.40. The lowest BCUT2D eigenvalue weighted by molar-refractivity contribution is -0.148. The lowest BCUT2D eigenvalue weighted by Crippen LogP contribution is -2.48. The summed E-state index contributed by atoms with van der Waals surface area (Å²) in [5.41, 5.74) is 0.636. The van der Waals surface area contributed by atoms with Gasteiger partial charge in [0.25, 0.3) is 0 Å². The maximum Gasteiger partial charge on any atom is 0.319 e. The van der Waals surface area contributed by atoms with Gasteiger partial charge in [-0.15, -0.1) is 0 Å². The molecule has 0 aliphatic heterocycles. The molecule has 6 heteroatoms. The van der Waals surface area contributed by atoms with E-state index in [2.05, 4.69) is 17.2 Å². The predicted octanol–water partition coefficient (Wildman–Crippen LogP) is 2.96. The Balaban J connectivity index is 1.62. The normalized spacial score (nSPS) is 26.8. The highest BCUT2D eigenvalue weighted by molar-refractivity contribution is 5.90. The summed E-state index contributed by atoms with van der Waals surface area (Å²) in [4.78, 5) is 24.5. The molecule has 2 fully saturated rings. The van der Waals surface area contributed by atoms with Crippen molar-refractivity contribution in [1.82, 2.24) is 5.32 Å². The van der Waals surface area contributed by atoms with E-state index in [1.165, 1.54) is 7.11 Å². The van der Waals surface area contributed by atoms with Gasteiger partial charge in [-0.05, 0) is 43.2 Å². The molecule has 1 aromatic carbocycles. The van der Waals surface area contributed by atoms with E-state index in [9.17, 15) is 9.59 Å². The molecular weight excluding hydrogens is 320 g/mol. The summed E-state index contributed by atoms with van der Waals surface area (Å²) in [6, 6.07) is 6.69. The Hall–Kier alpha value is -2.50. The van der Waals surface area contributed by atoms with Crippen LogP contribution >= 0.6 is 0 Å². The van der Waals surface area contributed by atoms with Crippen molar-refractivity contribution in [3.8, 4) is 5.75 Å². The lowest BCUT2D eigenvalue weighted by Gasteiger charge is -2.29. The molecular formula is C19H24N2O4. The van der Waals surface area contributed by atoms with E-state index < -0.39 is 0 Å². The molecule has 2 N–H and O–H groups in total. The van der Waals surface area contributed by atoms with Gasteiger partial charge in [-0.3, -0.25) is 4.79 Å². The molecule has 2 aliphatic rings. The summed E-state index contributed by atoms with van der Waals surface area (Å²) < 4.78 is 10.4. The van der Waals surface area contributed by atoms with E-state index in [0.717, 1.165) is 19.3 Å². The van der Waals surface area contributed by atoms with Gasteiger partial charge in [0.05, 0.1) is 13.0 Å². The third-order valence-corrected chi connectivity index (χ3v) is 5.15. The van der Waals surface area contributed by atoms with Crippen LogP contribution in [0.25, 0.3) is 0 Å². The summed E-state index contributed by atoms with van der Waals surface area (Å²) in [6.45, 7) is 4.01. The zero-order chi connectivity index (χ0) is 17.8. The second-order valence-corrected chi connectivity index (χ2v) is 6.63. The number of ether oxygens (including phenoxy) is 2. The Morgan fingerprint density at radius 3 is 2.88 bits per heavy atom. The fraction of sp³-hybridized carbons (Fsp3) is 0.474. The average molecular weight is 344 g/mol. The van der Waals surface area contributed by atoms with Crippen molar-refractivity contribution < 1.29 is 19.1 Å². The van der Waals surface area contributed by atoms with E-state index in [1.54, 1.807) is 18.2 Å². The van der Waals surface area contributed by atoms with Gasteiger partial charge in [0.2, 0.25) is 0 Å². The number of hydrogen-bond acceptors (Lipinski definition) is 4. The Kier molecular flexibility index (Phi) is 5.26. The van der Waals surface area contributed by atoms with Crippen molar-refractivity contribution in [3.05, 3.63) is 36.9 Å². The second-order valence-electron chi connectivity index (χ2n) is 6.63. The van der Waals surface area contributed by atoms with Gasteiger partial charge < -0.3 is 20.1 Å².